The minimum Gasteiger partial charge on any atom is -0.363 e. The van der Waals surface area contributed by atoms with Crippen molar-refractivity contribution in [1.29, 1.82) is 0 Å². The Bertz CT molecular complexity index is 492. The van der Waals surface area contributed by atoms with Crippen LogP contribution in [0.2, 0.25) is 0 Å². The van der Waals surface area contributed by atoms with Gasteiger partial charge in [-0.25, -0.2) is 0 Å². The highest BCUT2D eigenvalue weighted by Gasteiger charge is 2.19. The van der Waals surface area contributed by atoms with Gasteiger partial charge in [0, 0.05) is 28.5 Å². The average Bonchev–Trinajstić information content (AvgIpc) is 2.94. The molecule has 2 aromatic rings. The number of nitrogens with two attached hydrogens (primary N) is 1. The van der Waals surface area contributed by atoms with Gasteiger partial charge < -0.3 is 10.6 Å². The molecule has 19 heavy (non-hydrogen) atoms. The van der Waals surface area contributed by atoms with Gasteiger partial charge in [-0.1, -0.05) is 25.1 Å². The van der Waals surface area contributed by atoms with Crippen LogP contribution in [0, 0.1) is 0 Å². The van der Waals surface area contributed by atoms with Crippen molar-refractivity contribution in [1.82, 2.24) is 0 Å². The van der Waals surface area contributed by atoms with Crippen LogP contribution in [-0.2, 0) is 6.42 Å². The van der Waals surface area contributed by atoms with E-state index in [1.807, 2.05) is 11.3 Å². The Hall–Kier alpha value is -1.32. The molecule has 1 aromatic carbocycles. The van der Waals surface area contributed by atoms with E-state index in [1.165, 1.54) is 15.4 Å². The number of thiophene rings is 1. The zero-order chi connectivity index (χ0) is 13.7. The Morgan fingerprint density at radius 3 is 2.37 bits per heavy atom. The van der Waals surface area contributed by atoms with Gasteiger partial charge in [-0.05, 0) is 37.6 Å². The largest absolute Gasteiger partial charge is 0.363 e. The molecule has 0 fully saturated rings. The predicted octanol–water partition coefficient (Wildman–Crippen LogP) is 3.84. The monoisotopic (exact) mass is 274 g/mol. The minimum absolute atomic E-state index is 0.276. The fraction of sp³-hybridized carbons (Fsp3) is 0.375. The Morgan fingerprint density at radius 1 is 1.11 bits per heavy atom. The molecule has 1 heterocycles. The molecular formula is C16H22N2S. The molecule has 102 valence electrons. The standard InChI is InChI=1S/C16H22N2S/c1-3-14-10-11-16(19-14)15(12-17)18(4-2)13-8-6-5-7-9-13/h5-11,15H,3-4,12,17H2,1-2H3. The number of benzene rings is 1. The molecule has 0 amide bonds. The molecule has 0 radical (unpaired) electrons. The van der Waals surface area contributed by atoms with Crippen LogP contribution in [0.4, 0.5) is 5.69 Å². The molecule has 3 heteroatoms. The first kappa shape index (κ1) is 14.1. The topological polar surface area (TPSA) is 29.3 Å². The lowest BCUT2D eigenvalue weighted by atomic mass is 10.1. The van der Waals surface area contributed by atoms with Gasteiger partial charge in [0.2, 0.25) is 0 Å². The van der Waals surface area contributed by atoms with Gasteiger partial charge >= 0.3 is 0 Å². The maximum atomic E-state index is 6.03. The van der Waals surface area contributed by atoms with Gasteiger partial charge in [-0.2, -0.15) is 0 Å². The van der Waals surface area contributed by atoms with Crippen molar-refractivity contribution in [3.63, 3.8) is 0 Å². The predicted molar refractivity (Wildman–Crippen MR) is 85.0 cm³/mol. The van der Waals surface area contributed by atoms with E-state index in [2.05, 4.69) is 61.2 Å². The maximum Gasteiger partial charge on any atom is 0.0757 e. The first-order valence-corrected chi connectivity index (χ1v) is 7.72. The van der Waals surface area contributed by atoms with Crippen molar-refractivity contribution in [3.8, 4) is 0 Å². The summed E-state index contributed by atoms with van der Waals surface area (Å²) in [4.78, 5) is 5.17. The Balaban J connectivity index is 2.28. The third-order valence-electron chi connectivity index (χ3n) is 3.39. The van der Waals surface area contributed by atoms with Crippen LogP contribution < -0.4 is 10.6 Å². The molecule has 0 bridgehead atoms. The summed E-state index contributed by atoms with van der Waals surface area (Å²) >= 11 is 1.88. The third-order valence-corrected chi connectivity index (χ3v) is 4.72. The van der Waals surface area contributed by atoms with Gasteiger partial charge in [-0.3, -0.25) is 0 Å². The second kappa shape index (κ2) is 6.73. The molecule has 0 saturated carbocycles. The minimum atomic E-state index is 0.276. The molecule has 0 aliphatic heterocycles. The lowest BCUT2D eigenvalue weighted by Crippen LogP contribution is -2.33. The summed E-state index contributed by atoms with van der Waals surface area (Å²) < 4.78 is 0. The van der Waals surface area contributed by atoms with Crippen LogP contribution >= 0.6 is 11.3 Å². The van der Waals surface area contributed by atoms with Crippen LogP contribution in [0.1, 0.15) is 29.6 Å². The van der Waals surface area contributed by atoms with Crippen LogP contribution in [0.25, 0.3) is 0 Å². The number of hydrogen-bond acceptors (Lipinski definition) is 3. The Morgan fingerprint density at radius 2 is 1.84 bits per heavy atom. The summed E-state index contributed by atoms with van der Waals surface area (Å²) in [6.07, 6.45) is 1.10. The van der Waals surface area contributed by atoms with Crippen LogP contribution in [0.3, 0.4) is 0 Å². The number of rotatable bonds is 6. The fourth-order valence-corrected chi connectivity index (χ4v) is 3.44. The quantitative estimate of drug-likeness (QED) is 0.867. The van der Waals surface area contributed by atoms with E-state index >= 15 is 0 Å². The van der Waals surface area contributed by atoms with Crippen molar-refractivity contribution in [3.05, 3.63) is 52.2 Å². The molecule has 1 aromatic heterocycles. The highest BCUT2D eigenvalue weighted by Crippen LogP contribution is 2.31. The fourth-order valence-electron chi connectivity index (χ4n) is 2.36. The molecule has 1 atom stereocenters. The number of likely N-dealkylation sites (N-methyl/N-ethyl adjacent to an activating group) is 1. The summed E-state index contributed by atoms with van der Waals surface area (Å²) in [5, 5.41) is 0. The number of nitrogens with zero attached hydrogens (tertiary/aromatic N) is 1. The lowest BCUT2D eigenvalue weighted by Gasteiger charge is -2.31. The zero-order valence-electron chi connectivity index (χ0n) is 11.7. The molecule has 2 nitrogen and oxygen atoms in total. The number of para-hydroxylation sites is 1. The average molecular weight is 274 g/mol. The molecule has 1 unspecified atom stereocenters. The molecule has 2 rings (SSSR count). The van der Waals surface area contributed by atoms with E-state index in [0.29, 0.717) is 6.54 Å². The van der Waals surface area contributed by atoms with Gasteiger partial charge in [0.25, 0.3) is 0 Å². The molecule has 0 aliphatic carbocycles. The smallest absolute Gasteiger partial charge is 0.0757 e. The summed E-state index contributed by atoms with van der Waals surface area (Å²) in [5.41, 5.74) is 7.28. The summed E-state index contributed by atoms with van der Waals surface area (Å²) in [7, 11) is 0. The van der Waals surface area contributed by atoms with Crippen molar-refractivity contribution in [2.24, 2.45) is 5.73 Å². The van der Waals surface area contributed by atoms with Gasteiger partial charge in [-0.15, -0.1) is 11.3 Å². The first-order chi connectivity index (χ1) is 9.30. The number of hydrogen-bond donors (Lipinski definition) is 1. The molecule has 0 saturated heterocycles. The van der Waals surface area contributed by atoms with Crippen LogP contribution in [-0.4, -0.2) is 13.1 Å². The Kier molecular flexibility index (Phi) is 5.00. The summed E-state index contributed by atoms with van der Waals surface area (Å²) in [6.45, 7) is 5.99. The highest BCUT2D eigenvalue weighted by atomic mass is 32.1. The van der Waals surface area contributed by atoms with E-state index in [1.54, 1.807) is 0 Å². The number of aryl methyl sites for hydroxylation is 1. The molecular weight excluding hydrogens is 252 g/mol. The van der Waals surface area contributed by atoms with Crippen molar-refractivity contribution in [2.75, 3.05) is 18.0 Å². The van der Waals surface area contributed by atoms with E-state index in [4.69, 9.17) is 5.73 Å². The van der Waals surface area contributed by atoms with E-state index in [0.717, 1.165) is 13.0 Å². The number of anilines is 1. The Labute approximate surface area is 119 Å². The second-order valence-corrected chi connectivity index (χ2v) is 5.73. The van der Waals surface area contributed by atoms with Crippen molar-refractivity contribution in [2.45, 2.75) is 26.3 Å². The van der Waals surface area contributed by atoms with Gasteiger partial charge in [0.1, 0.15) is 0 Å². The molecule has 2 N–H and O–H groups in total. The molecule has 0 spiro atoms. The summed E-state index contributed by atoms with van der Waals surface area (Å²) in [5.74, 6) is 0. The lowest BCUT2D eigenvalue weighted by molar-refractivity contribution is 0.653. The third kappa shape index (κ3) is 3.17. The van der Waals surface area contributed by atoms with E-state index in [-0.39, 0.29) is 6.04 Å². The SMILES string of the molecule is CCc1ccc(C(CN)N(CC)c2ccccc2)s1. The van der Waals surface area contributed by atoms with Gasteiger partial charge in [0.05, 0.1) is 6.04 Å². The van der Waals surface area contributed by atoms with Crippen molar-refractivity contribution >= 4 is 17.0 Å². The molecule has 0 aliphatic rings. The first-order valence-electron chi connectivity index (χ1n) is 6.90. The van der Waals surface area contributed by atoms with Crippen molar-refractivity contribution < 1.29 is 0 Å². The summed E-state index contributed by atoms with van der Waals surface area (Å²) in [6, 6.07) is 15.2. The highest BCUT2D eigenvalue weighted by molar-refractivity contribution is 7.12. The van der Waals surface area contributed by atoms with Gasteiger partial charge in [0.15, 0.2) is 0 Å². The maximum absolute atomic E-state index is 6.03. The van der Waals surface area contributed by atoms with E-state index in [9.17, 15) is 0 Å². The van der Waals surface area contributed by atoms with Crippen LogP contribution in [0.5, 0.6) is 0 Å². The van der Waals surface area contributed by atoms with Crippen LogP contribution in [0.15, 0.2) is 42.5 Å². The zero-order valence-corrected chi connectivity index (χ0v) is 12.5. The van der Waals surface area contributed by atoms with E-state index < -0.39 is 0 Å². The second-order valence-electron chi connectivity index (χ2n) is 4.53. The normalized spacial score (nSPS) is 12.4.